The lowest BCUT2D eigenvalue weighted by molar-refractivity contribution is -0.121. The van der Waals surface area contributed by atoms with Crippen molar-refractivity contribution in [3.8, 4) is 28.4 Å². The number of hydrogen-bond acceptors (Lipinski definition) is 5. The molecule has 4 rings (SSSR count). The van der Waals surface area contributed by atoms with Crippen molar-refractivity contribution in [3.05, 3.63) is 60.3 Å². The van der Waals surface area contributed by atoms with Crippen LogP contribution in [0.1, 0.15) is 42.5 Å². The fourth-order valence-electron chi connectivity index (χ4n) is 4.20. The second-order valence-electron chi connectivity index (χ2n) is 8.29. The van der Waals surface area contributed by atoms with Crippen LogP contribution in [0.3, 0.4) is 0 Å². The van der Waals surface area contributed by atoms with Gasteiger partial charge in [0.1, 0.15) is 17.2 Å². The molecule has 2 amide bonds. The van der Waals surface area contributed by atoms with E-state index in [0.29, 0.717) is 28.3 Å². The Kier molecular flexibility index (Phi) is 7.47. The second-order valence-corrected chi connectivity index (χ2v) is 8.29. The smallest absolute Gasteiger partial charge is 0.255 e. The van der Waals surface area contributed by atoms with Crippen molar-refractivity contribution in [3.63, 3.8) is 0 Å². The van der Waals surface area contributed by atoms with Crippen molar-refractivity contribution in [1.29, 1.82) is 0 Å². The van der Waals surface area contributed by atoms with Crippen LogP contribution in [0.25, 0.3) is 16.9 Å². The number of ether oxygens (including phenoxy) is 2. The maximum Gasteiger partial charge on any atom is 0.255 e. The predicted octanol–water partition coefficient (Wildman–Crippen LogP) is 3.74. The average molecular weight is 463 g/mol. The summed E-state index contributed by atoms with van der Waals surface area (Å²) >= 11 is 0. The molecule has 0 atom stereocenters. The molecule has 34 heavy (non-hydrogen) atoms. The van der Waals surface area contributed by atoms with Gasteiger partial charge in [-0.2, -0.15) is 5.10 Å². The molecule has 1 saturated carbocycles. The maximum atomic E-state index is 13.2. The number of nitrogens with zero attached hydrogens (tertiary/aromatic N) is 2. The molecule has 1 aromatic heterocycles. The maximum absolute atomic E-state index is 13.2. The van der Waals surface area contributed by atoms with E-state index in [1.165, 1.54) is 0 Å². The fraction of sp³-hybridized carbons (Fsp3) is 0.346. The number of carbonyl (C=O) groups is 2. The largest absolute Gasteiger partial charge is 0.497 e. The molecule has 3 aromatic rings. The van der Waals surface area contributed by atoms with Crippen molar-refractivity contribution in [2.45, 2.75) is 38.1 Å². The van der Waals surface area contributed by atoms with Gasteiger partial charge in [-0.3, -0.25) is 9.59 Å². The van der Waals surface area contributed by atoms with Crippen LogP contribution in [0.2, 0.25) is 0 Å². The van der Waals surface area contributed by atoms with Gasteiger partial charge in [0.2, 0.25) is 5.91 Å². The Balaban J connectivity index is 1.56. The predicted molar refractivity (Wildman–Crippen MR) is 129 cm³/mol. The van der Waals surface area contributed by atoms with Gasteiger partial charge in [0, 0.05) is 36.8 Å². The normalized spacial score (nSPS) is 13.5. The molecule has 178 valence electrons. The van der Waals surface area contributed by atoms with Crippen molar-refractivity contribution in [2.24, 2.45) is 0 Å². The summed E-state index contributed by atoms with van der Waals surface area (Å²) in [6.45, 7) is 0.243. The third-order valence-electron chi connectivity index (χ3n) is 6.00. The highest BCUT2D eigenvalue weighted by Crippen LogP contribution is 2.34. The number of rotatable bonds is 9. The minimum absolute atomic E-state index is 0.0378. The summed E-state index contributed by atoms with van der Waals surface area (Å²) in [5.41, 5.74) is 2.37. The standard InChI is InChI=1S/C26H30N4O4/c1-33-20-12-13-21(23(16-20)34-2)25-22(17-30(29-25)19-10-4-3-5-11-19)26(32)27-15-14-24(31)28-18-8-6-7-9-18/h3-5,10-13,16-18H,6-9,14-15H2,1-2H3,(H,27,32)(H,28,31). The summed E-state index contributed by atoms with van der Waals surface area (Å²) in [7, 11) is 3.15. The molecule has 1 aliphatic rings. The van der Waals surface area contributed by atoms with Crippen molar-refractivity contribution in [2.75, 3.05) is 20.8 Å². The molecule has 0 saturated heterocycles. The summed E-state index contributed by atoms with van der Waals surface area (Å²) in [4.78, 5) is 25.4. The Morgan fingerprint density at radius 3 is 2.53 bits per heavy atom. The summed E-state index contributed by atoms with van der Waals surface area (Å²) in [5, 5.41) is 10.6. The number of benzene rings is 2. The lowest BCUT2D eigenvalue weighted by Gasteiger charge is -2.12. The number of carbonyl (C=O) groups excluding carboxylic acids is 2. The molecule has 1 aliphatic carbocycles. The highest BCUT2D eigenvalue weighted by atomic mass is 16.5. The number of nitrogens with one attached hydrogen (secondary N) is 2. The second kappa shape index (κ2) is 10.9. The lowest BCUT2D eigenvalue weighted by atomic mass is 10.1. The molecular weight excluding hydrogens is 432 g/mol. The first-order valence-corrected chi connectivity index (χ1v) is 11.5. The van der Waals surface area contributed by atoms with E-state index in [1.807, 2.05) is 36.4 Å². The third kappa shape index (κ3) is 5.39. The first-order valence-electron chi connectivity index (χ1n) is 11.5. The Morgan fingerprint density at radius 1 is 1.06 bits per heavy atom. The van der Waals surface area contributed by atoms with E-state index >= 15 is 0 Å². The molecule has 0 spiro atoms. The van der Waals surface area contributed by atoms with Crippen molar-refractivity contribution < 1.29 is 19.1 Å². The van der Waals surface area contributed by atoms with Gasteiger partial charge in [-0.05, 0) is 37.1 Å². The summed E-state index contributed by atoms with van der Waals surface area (Å²) in [6.07, 6.45) is 6.31. The highest BCUT2D eigenvalue weighted by molar-refractivity contribution is 6.00. The van der Waals surface area contributed by atoms with Crippen LogP contribution in [-0.2, 0) is 4.79 Å². The topological polar surface area (TPSA) is 94.5 Å². The monoisotopic (exact) mass is 462 g/mol. The first-order chi connectivity index (χ1) is 16.6. The van der Waals surface area contributed by atoms with Gasteiger partial charge in [0.05, 0.1) is 25.5 Å². The van der Waals surface area contributed by atoms with E-state index < -0.39 is 0 Å². The number of para-hydroxylation sites is 1. The average Bonchev–Trinajstić information content (AvgIpc) is 3.54. The van der Waals surface area contributed by atoms with Crippen LogP contribution in [0.15, 0.2) is 54.7 Å². The molecule has 0 radical (unpaired) electrons. The van der Waals surface area contributed by atoms with Crippen LogP contribution < -0.4 is 20.1 Å². The van der Waals surface area contributed by atoms with E-state index in [0.717, 1.165) is 31.4 Å². The van der Waals surface area contributed by atoms with Crippen LogP contribution in [0.4, 0.5) is 0 Å². The Labute approximate surface area is 199 Å². The van der Waals surface area contributed by atoms with Crippen LogP contribution in [0.5, 0.6) is 11.5 Å². The first kappa shape index (κ1) is 23.4. The number of amides is 2. The van der Waals surface area contributed by atoms with E-state index in [-0.39, 0.29) is 30.8 Å². The number of aromatic nitrogens is 2. The molecule has 0 aliphatic heterocycles. The van der Waals surface area contributed by atoms with E-state index in [1.54, 1.807) is 37.2 Å². The minimum atomic E-state index is -0.302. The van der Waals surface area contributed by atoms with E-state index in [2.05, 4.69) is 10.6 Å². The Bertz CT molecular complexity index is 1140. The molecule has 8 nitrogen and oxygen atoms in total. The van der Waals surface area contributed by atoms with Gasteiger partial charge in [-0.25, -0.2) is 4.68 Å². The van der Waals surface area contributed by atoms with Gasteiger partial charge < -0.3 is 20.1 Å². The van der Waals surface area contributed by atoms with E-state index in [4.69, 9.17) is 14.6 Å². The molecule has 8 heteroatoms. The van der Waals surface area contributed by atoms with Crippen LogP contribution >= 0.6 is 0 Å². The lowest BCUT2D eigenvalue weighted by Crippen LogP contribution is -2.35. The number of methoxy groups -OCH3 is 2. The van der Waals surface area contributed by atoms with Crippen molar-refractivity contribution in [1.82, 2.24) is 20.4 Å². The molecular formula is C26H30N4O4. The molecule has 0 unspecified atom stereocenters. The quantitative estimate of drug-likeness (QED) is 0.505. The summed E-state index contributed by atoms with van der Waals surface area (Å²) in [5.74, 6) is 0.845. The Hall–Kier alpha value is -3.81. The zero-order valence-corrected chi connectivity index (χ0v) is 19.5. The van der Waals surface area contributed by atoms with Crippen LogP contribution in [-0.4, -0.2) is 48.4 Å². The van der Waals surface area contributed by atoms with Gasteiger partial charge in [0.15, 0.2) is 0 Å². The molecule has 0 bridgehead atoms. The SMILES string of the molecule is COc1ccc(-c2nn(-c3ccccc3)cc2C(=O)NCCC(=O)NC2CCCC2)c(OC)c1. The fourth-order valence-corrected chi connectivity index (χ4v) is 4.20. The van der Waals surface area contributed by atoms with Gasteiger partial charge in [0.25, 0.3) is 5.91 Å². The summed E-state index contributed by atoms with van der Waals surface area (Å²) in [6, 6.07) is 15.2. The van der Waals surface area contributed by atoms with Gasteiger partial charge >= 0.3 is 0 Å². The molecule has 1 heterocycles. The van der Waals surface area contributed by atoms with Crippen molar-refractivity contribution >= 4 is 11.8 Å². The molecule has 2 N–H and O–H groups in total. The minimum Gasteiger partial charge on any atom is -0.497 e. The van der Waals surface area contributed by atoms with E-state index in [9.17, 15) is 9.59 Å². The zero-order chi connectivity index (χ0) is 23.9. The zero-order valence-electron chi connectivity index (χ0n) is 19.5. The Morgan fingerprint density at radius 2 is 1.82 bits per heavy atom. The number of hydrogen-bond donors (Lipinski definition) is 2. The molecule has 1 fully saturated rings. The third-order valence-corrected chi connectivity index (χ3v) is 6.00. The van der Waals surface area contributed by atoms with Crippen LogP contribution in [0, 0.1) is 0 Å². The summed E-state index contributed by atoms with van der Waals surface area (Å²) < 4.78 is 12.5. The van der Waals surface area contributed by atoms with Gasteiger partial charge in [-0.1, -0.05) is 31.0 Å². The van der Waals surface area contributed by atoms with Gasteiger partial charge in [-0.15, -0.1) is 0 Å². The highest BCUT2D eigenvalue weighted by Gasteiger charge is 2.22. The molecule has 2 aromatic carbocycles.